The molecule has 3 heteroatoms. The van der Waals surface area contributed by atoms with Crippen LogP contribution < -0.4 is 5.73 Å². The van der Waals surface area contributed by atoms with Crippen molar-refractivity contribution in [3.8, 4) is 0 Å². The van der Waals surface area contributed by atoms with Crippen LogP contribution in [-0.4, -0.2) is 17.9 Å². The Hall–Kier alpha value is -2.13. The zero-order chi connectivity index (χ0) is 14.5. The third-order valence-corrected chi connectivity index (χ3v) is 3.64. The number of nitrogens with zero attached hydrogens (tertiary/aromatic N) is 1. The molecule has 20 heavy (non-hydrogen) atoms. The van der Waals surface area contributed by atoms with E-state index in [0.29, 0.717) is 0 Å². The van der Waals surface area contributed by atoms with Gasteiger partial charge in [0.15, 0.2) is 0 Å². The fourth-order valence-electron chi connectivity index (χ4n) is 2.17. The molecule has 0 bridgehead atoms. The van der Waals surface area contributed by atoms with Gasteiger partial charge in [-0.05, 0) is 18.1 Å². The van der Waals surface area contributed by atoms with Crippen LogP contribution in [0.5, 0.6) is 0 Å². The van der Waals surface area contributed by atoms with Crippen LogP contribution in [0.1, 0.15) is 30.1 Å². The summed E-state index contributed by atoms with van der Waals surface area (Å²) in [6.07, 6.45) is 0. The number of hydrogen-bond acceptors (Lipinski definition) is 2. The molecule has 0 aliphatic carbocycles. The van der Waals surface area contributed by atoms with E-state index in [2.05, 4.69) is 0 Å². The molecule has 0 aliphatic rings. The summed E-state index contributed by atoms with van der Waals surface area (Å²) in [5.74, 6) is -0.0763. The topological polar surface area (TPSA) is 46.3 Å². The Morgan fingerprint density at radius 2 is 1.40 bits per heavy atom. The van der Waals surface area contributed by atoms with Gasteiger partial charge >= 0.3 is 0 Å². The Morgan fingerprint density at radius 1 is 0.950 bits per heavy atom. The van der Waals surface area contributed by atoms with Gasteiger partial charge in [0.25, 0.3) is 0 Å². The fourth-order valence-corrected chi connectivity index (χ4v) is 2.17. The third-order valence-electron chi connectivity index (χ3n) is 3.64. The number of rotatable bonds is 4. The quantitative estimate of drug-likeness (QED) is 0.926. The summed E-state index contributed by atoms with van der Waals surface area (Å²) >= 11 is 0. The van der Waals surface area contributed by atoms with Crippen LogP contribution in [0.2, 0.25) is 0 Å². The first-order chi connectivity index (χ1) is 9.61. The molecule has 0 fully saturated rings. The van der Waals surface area contributed by atoms with Crippen molar-refractivity contribution in [1.82, 2.24) is 4.90 Å². The summed E-state index contributed by atoms with van der Waals surface area (Å²) in [6.45, 7) is 2.00. The lowest BCUT2D eigenvalue weighted by atomic mass is 10.0. The number of likely N-dealkylation sites (N-methyl/N-ethyl adjacent to an activating group) is 1. The second-order valence-electron chi connectivity index (χ2n) is 4.92. The Balaban J connectivity index is 2.13. The Morgan fingerprint density at radius 3 is 1.90 bits per heavy atom. The van der Waals surface area contributed by atoms with Crippen LogP contribution in [0.3, 0.4) is 0 Å². The molecule has 1 unspecified atom stereocenters. The molecule has 104 valence electrons. The lowest BCUT2D eigenvalue weighted by Crippen LogP contribution is -2.37. The second-order valence-corrected chi connectivity index (χ2v) is 4.92. The van der Waals surface area contributed by atoms with E-state index in [4.69, 9.17) is 5.73 Å². The zero-order valence-electron chi connectivity index (χ0n) is 11.9. The van der Waals surface area contributed by atoms with Crippen molar-refractivity contribution >= 4 is 5.91 Å². The molecule has 2 aromatic rings. The van der Waals surface area contributed by atoms with Crippen LogP contribution in [0.4, 0.5) is 0 Å². The molecule has 0 aromatic heterocycles. The van der Waals surface area contributed by atoms with Gasteiger partial charge in [0.2, 0.25) is 5.91 Å². The molecular weight excluding hydrogens is 248 g/mol. The fraction of sp³-hybridized carbons (Fsp3) is 0.235. The van der Waals surface area contributed by atoms with Crippen molar-refractivity contribution in [3.05, 3.63) is 71.8 Å². The molecule has 0 saturated heterocycles. The lowest BCUT2D eigenvalue weighted by molar-refractivity contribution is -0.133. The highest BCUT2D eigenvalue weighted by Gasteiger charge is 2.23. The molecule has 2 aromatic carbocycles. The van der Waals surface area contributed by atoms with E-state index in [1.807, 2.05) is 67.6 Å². The van der Waals surface area contributed by atoms with E-state index in [1.165, 1.54) is 0 Å². The summed E-state index contributed by atoms with van der Waals surface area (Å²) in [7, 11) is 1.79. The van der Waals surface area contributed by atoms with Crippen molar-refractivity contribution in [2.75, 3.05) is 7.05 Å². The number of carbonyl (C=O) groups excluding carboxylic acids is 1. The Labute approximate surface area is 120 Å². The zero-order valence-corrected chi connectivity index (χ0v) is 11.9. The van der Waals surface area contributed by atoms with Gasteiger partial charge in [-0.15, -0.1) is 0 Å². The highest BCUT2D eigenvalue weighted by Crippen LogP contribution is 2.22. The molecule has 2 atom stereocenters. The molecule has 0 saturated carbocycles. The van der Waals surface area contributed by atoms with Gasteiger partial charge in [-0.3, -0.25) is 4.79 Å². The lowest BCUT2D eigenvalue weighted by Gasteiger charge is -2.28. The summed E-state index contributed by atoms with van der Waals surface area (Å²) in [6, 6.07) is 18.8. The number of benzene rings is 2. The Kier molecular flexibility index (Phi) is 4.53. The molecule has 0 heterocycles. The maximum absolute atomic E-state index is 12.5. The van der Waals surface area contributed by atoms with Gasteiger partial charge in [0.05, 0.1) is 6.04 Å². The van der Waals surface area contributed by atoms with Crippen LogP contribution in [-0.2, 0) is 4.79 Å². The highest BCUT2D eigenvalue weighted by atomic mass is 16.2. The van der Waals surface area contributed by atoms with Crippen molar-refractivity contribution in [3.63, 3.8) is 0 Å². The van der Waals surface area contributed by atoms with Crippen molar-refractivity contribution in [2.24, 2.45) is 5.73 Å². The van der Waals surface area contributed by atoms with E-state index in [0.717, 1.165) is 11.1 Å². The monoisotopic (exact) mass is 268 g/mol. The third kappa shape index (κ3) is 3.06. The van der Waals surface area contributed by atoms with E-state index >= 15 is 0 Å². The van der Waals surface area contributed by atoms with Crippen LogP contribution >= 0.6 is 0 Å². The molecular formula is C17H20N2O. The van der Waals surface area contributed by atoms with E-state index in [1.54, 1.807) is 11.9 Å². The standard InChI is InChI=1S/C17H20N2O/c1-13(14-9-5-3-6-10-14)19(2)17(20)16(18)15-11-7-4-8-12-15/h3-13,16H,18H2,1-2H3/t13?,16-/m0/s1. The van der Waals surface area contributed by atoms with Crippen LogP contribution in [0.25, 0.3) is 0 Å². The number of nitrogens with two attached hydrogens (primary N) is 1. The predicted molar refractivity (Wildman–Crippen MR) is 81.0 cm³/mol. The first-order valence-corrected chi connectivity index (χ1v) is 6.73. The van der Waals surface area contributed by atoms with Gasteiger partial charge in [-0.1, -0.05) is 60.7 Å². The average Bonchev–Trinajstić information content (AvgIpc) is 2.53. The van der Waals surface area contributed by atoms with E-state index in [-0.39, 0.29) is 11.9 Å². The number of amides is 1. The molecule has 0 aliphatic heterocycles. The number of carbonyl (C=O) groups is 1. The average molecular weight is 268 g/mol. The van der Waals surface area contributed by atoms with Gasteiger partial charge in [-0.25, -0.2) is 0 Å². The molecule has 3 nitrogen and oxygen atoms in total. The van der Waals surface area contributed by atoms with Crippen molar-refractivity contribution in [1.29, 1.82) is 0 Å². The maximum Gasteiger partial charge on any atom is 0.244 e. The molecule has 0 spiro atoms. The molecule has 2 N–H and O–H groups in total. The SMILES string of the molecule is CC(c1ccccc1)N(C)C(=O)[C@@H](N)c1ccccc1. The van der Waals surface area contributed by atoms with Crippen molar-refractivity contribution in [2.45, 2.75) is 19.0 Å². The summed E-state index contributed by atoms with van der Waals surface area (Å²) in [4.78, 5) is 14.2. The van der Waals surface area contributed by atoms with Gasteiger partial charge in [0.1, 0.15) is 6.04 Å². The maximum atomic E-state index is 12.5. The van der Waals surface area contributed by atoms with Crippen molar-refractivity contribution < 1.29 is 4.79 Å². The summed E-state index contributed by atoms with van der Waals surface area (Å²) in [5, 5.41) is 0. The minimum Gasteiger partial charge on any atom is -0.337 e. The first kappa shape index (κ1) is 14.3. The normalized spacial score (nSPS) is 13.6. The van der Waals surface area contributed by atoms with E-state index < -0.39 is 6.04 Å². The first-order valence-electron chi connectivity index (χ1n) is 6.73. The van der Waals surface area contributed by atoms with Gasteiger partial charge < -0.3 is 10.6 Å². The Bertz CT molecular complexity index is 554. The minimum atomic E-state index is -0.618. The molecule has 2 rings (SSSR count). The second kappa shape index (κ2) is 6.35. The largest absolute Gasteiger partial charge is 0.337 e. The van der Waals surface area contributed by atoms with Crippen LogP contribution in [0.15, 0.2) is 60.7 Å². The summed E-state index contributed by atoms with van der Waals surface area (Å²) < 4.78 is 0. The van der Waals surface area contributed by atoms with Gasteiger partial charge in [-0.2, -0.15) is 0 Å². The smallest absolute Gasteiger partial charge is 0.244 e. The predicted octanol–water partition coefficient (Wildman–Crippen LogP) is 2.91. The molecule has 0 radical (unpaired) electrons. The highest BCUT2D eigenvalue weighted by molar-refractivity contribution is 5.83. The van der Waals surface area contributed by atoms with Crippen LogP contribution in [0, 0.1) is 0 Å². The summed E-state index contributed by atoms with van der Waals surface area (Å²) in [5.41, 5.74) is 8.00. The van der Waals surface area contributed by atoms with Gasteiger partial charge in [0, 0.05) is 7.05 Å². The van der Waals surface area contributed by atoms with E-state index in [9.17, 15) is 4.79 Å². The minimum absolute atomic E-state index is 0.00142. The molecule has 1 amide bonds. The number of hydrogen-bond donors (Lipinski definition) is 1.